The summed E-state index contributed by atoms with van der Waals surface area (Å²) in [4.78, 5) is 14.5. The van der Waals surface area contributed by atoms with E-state index in [2.05, 4.69) is 15.4 Å². The van der Waals surface area contributed by atoms with Crippen LogP contribution < -0.4 is 10.1 Å². The number of ether oxygens (including phenoxy) is 1. The Morgan fingerprint density at radius 2 is 2.29 bits per heavy atom. The molecule has 0 atom stereocenters. The lowest BCUT2D eigenvalue weighted by Crippen LogP contribution is -2.06. The number of rotatable bonds is 6. The molecule has 2 heterocycles. The maximum absolute atomic E-state index is 11.0. The highest BCUT2D eigenvalue weighted by Gasteiger charge is 2.18. The van der Waals surface area contributed by atoms with Crippen molar-refractivity contribution in [3.63, 3.8) is 0 Å². The molecule has 8 nitrogen and oxygen atoms in total. The average molecular weight is 291 g/mol. The first kappa shape index (κ1) is 14.8. The summed E-state index contributed by atoms with van der Waals surface area (Å²) in [6.07, 6.45) is 2.26. The Balaban J connectivity index is 2.26. The van der Waals surface area contributed by atoms with E-state index in [1.165, 1.54) is 18.3 Å². The topological polar surface area (TPSA) is 95.1 Å². The minimum absolute atomic E-state index is 0.0570. The minimum atomic E-state index is -0.462. The normalized spacial score (nSPS) is 10.4. The molecule has 2 rings (SSSR count). The number of hydrogen-bond donors (Lipinski definition) is 1. The van der Waals surface area contributed by atoms with Gasteiger partial charge in [0.1, 0.15) is 0 Å². The van der Waals surface area contributed by atoms with E-state index in [0.717, 1.165) is 17.7 Å². The van der Waals surface area contributed by atoms with Gasteiger partial charge in [0, 0.05) is 25.9 Å². The van der Waals surface area contributed by atoms with E-state index < -0.39 is 4.92 Å². The molecule has 21 heavy (non-hydrogen) atoms. The Bertz CT molecular complexity index is 653. The van der Waals surface area contributed by atoms with Crippen LogP contribution >= 0.6 is 0 Å². The van der Waals surface area contributed by atoms with Crippen LogP contribution in [0.25, 0.3) is 0 Å². The fourth-order valence-electron chi connectivity index (χ4n) is 2.18. The number of methoxy groups -OCH3 is 1. The molecule has 0 spiro atoms. The summed E-state index contributed by atoms with van der Waals surface area (Å²) >= 11 is 0. The van der Waals surface area contributed by atoms with E-state index in [-0.39, 0.29) is 11.5 Å². The molecule has 0 radical (unpaired) electrons. The first-order chi connectivity index (χ1) is 10.1. The average Bonchev–Trinajstić information content (AvgIpc) is 2.80. The zero-order chi connectivity index (χ0) is 15.4. The molecular formula is C13H17N5O3. The fourth-order valence-corrected chi connectivity index (χ4v) is 2.18. The molecule has 0 aliphatic rings. The molecule has 2 aromatic rings. The van der Waals surface area contributed by atoms with Gasteiger partial charge in [-0.15, -0.1) is 0 Å². The maximum atomic E-state index is 11.0. The van der Waals surface area contributed by atoms with E-state index in [4.69, 9.17) is 4.74 Å². The molecule has 8 heteroatoms. The van der Waals surface area contributed by atoms with Gasteiger partial charge in [-0.05, 0) is 12.5 Å². The molecule has 112 valence electrons. The lowest BCUT2D eigenvalue weighted by Gasteiger charge is -2.08. The van der Waals surface area contributed by atoms with Crippen molar-refractivity contribution in [2.45, 2.75) is 19.9 Å². The first-order valence-corrected chi connectivity index (χ1v) is 6.50. The van der Waals surface area contributed by atoms with Gasteiger partial charge in [-0.1, -0.05) is 6.92 Å². The summed E-state index contributed by atoms with van der Waals surface area (Å²) in [5, 5.41) is 18.3. The zero-order valence-electron chi connectivity index (χ0n) is 12.2. The number of aryl methyl sites for hydroxylation is 2. The van der Waals surface area contributed by atoms with Crippen LogP contribution in [-0.4, -0.2) is 26.8 Å². The van der Waals surface area contributed by atoms with E-state index in [9.17, 15) is 10.1 Å². The Morgan fingerprint density at radius 3 is 2.90 bits per heavy atom. The number of nitrogens with zero attached hydrogens (tertiary/aromatic N) is 4. The maximum Gasteiger partial charge on any atom is 0.311 e. The van der Waals surface area contributed by atoms with Crippen molar-refractivity contribution in [1.29, 1.82) is 0 Å². The lowest BCUT2D eigenvalue weighted by molar-refractivity contribution is -0.384. The monoisotopic (exact) mass is 291 g/mol. The van der Waals surface area contributed by atoms with Gasteiger partial charge in [-0.3, -0.25) is 10.1 Å². The number of pyridine rings is 1. The molecule has 0 saturated carbocycles. The smallest absolute Gasteiger partial charge is 0.311 e. The number of hydrogen-bond acceptors (Lipinski definition) is 6. The van der Waals surface area contributed by atoms with Crippen molar-refractivity contribution in [2.24, 2.45) is 7.05 Å². The number of nitro groups is 1. The Kier molecular flexibility index (Phi) is 4.36. The molecule has 0 unspecified atom stereocenters. The highest BCUT2D eigenvalue weighted by Crippen LogP contribution is 2.25. The zero-order valence-corrected chi connectivity index (χ0v) is 12.2. The third kappa shape index (κ3) is 2.93. The van der Waals surface area contributed by atoms with E-state index in [1.54, 1.807) is 18.8 Å². The molecule has 0 bridgehead atoms. The van der Waals surface area contributed by atoms with Gasteiger partial charge in [0.05, 0.1) is 23.3 Å². The van der Waals surface area contributed by atoms with Gasteiger partial charge in [0.15, 0.2) is 0 Å². The third-order valence-corrected chi connectivity index (χ3v) is 3.12. The molecule has 0 fully saturated rings. The fraction of sp³-hybridized carbons (Fsp3) is 0.385. The molecule has 0 aliphatic carbocycles. The number of nitrogens with one attached hydrogen (secondary N) is 1. The predicted molar refractivity (Wildman–Crippen MR) is 77.4 cm³/mol. The minimum Gasteiger partial charge on any atom is -0.481 e. The Morgan fingerprint density at radius 1 is 1.52 bits per heavy atom. The molecular weight excluding hydrogens is 274 g/mol. The van der Waals surface area contributed by atoms with E-state index in [0.29, 0.717) is 12.4 Å². The summed E-state index contributed by atoms with van der Waals surface area (Å²) in [6, 6.07) is 2.95. The second-order valence-electron chi connectivity index (χ2n) is 4.39. The van der Waals surface area contributed by atoms with Crippen LogP contribution in [0.1, 0.15) is 18.2 Å². The summed E-state index contributed by atoms with van der Waals surface area (Å²) in [5.41, 5.74) is 1.71. The Labute approximate surface area is 121 Å². The summed E-state index contributed by atoms with van der Waals surface area (Å²) in [5.74, 6) is 0.869. The van der Waals surface area contributed by atoms with Crippen molar-refractivity contribution in [3.05, 3.63) is 39.7 Å². The SMILES string of the molecule is CCc1nn(C)c(OC)c1CNc1ncccc1[N+](=O)[O-]. The first-order valence-electron chi connectivity index (χ1n) is 6.50. The van der Waals surface area contributed by atoms with Gasteiger partial charge in [-0.25, -0.2) is 9.67 Å². The predicted octanol–water partition coefficient (Wildman–Crippen LogP) is 1.91. The summed E-state index contributed by atoms with van der Waals surface area (Å²) < 4.78 is 6.99. The number of aromatic nitrogens is 3. The van der Waals surface area contributed by atoms with Crippen molar-refractivity contribution < 1.29 is 9.66 Å². The van der Waals surface area contributed by atoms with Crippen LogP contribution in [0.5, 0.6) is 5.88 Å². The van der Waals surface area contributed by atoms with E-state index >= 15 is 0 Å². The lowest BCUT2D eigenvalue weighted by atomic mass is 10.2. The second-order valence-corrected chi connectivity index (χ2v) is 4.39. The summed E-state index contributed by atoms with van der Waals surface area (Å²) in [7, 11) is 3.37. The van der Waals surface area contributed by atoms with Crippen molar-refractivity contribution in [1.82, 2.24) is 14.8 Å². The van der Waals surface area contributed by atoms with Crippen molar-refractivity contribution in [3.8, 4) is 5.88 Å². The molecule has 1 N–H and O–H groups in total. The molecule has 0 aromatic carbocycles. The molecule has 0 aliphatic heterocycles. The van der Waals surface area contributed by atoms with Crippen LogP contribution in [-0.2, 0) is 20.0 Å². The third-order valence-electron chi connectivity index (χ3n) is 3.12. The number of anilines is 1. The van der Waals surface area contributed by atoms with Gasteiger partial charge in [0.2, 0.25) is 11.7 Å². The quantitative estimate of drug-likeness (QED) is 0.645. The van der Waals surface area contributed by atoms with E-state index in [1.807, 2.05) is 6.92 Å². The largest absolute Gasteiger partial charge is 0.481 e. The van der Waals surface area contributed by atoms with Gasteiger partial charge in [0.25, 0.3) is 0 Å². The van der Waals surface area contributed by atoms with Crippen LogP contribution in [0, 0.1) is 10.1 Å². The Hall–Kier alpha value is -2.64. The van der Waals surface area contributed by atoms with Crippen molar-refractivity contribution in [2.75, 3.05) is 12.4 Å². The van der Waals surface area contributed by atoms with Gasteiger partial charge in [-0.2, -0.15) is 5.10 Å². The van der Waals surface area contributed by atoms with Crippen molar-refractivity contribution >= 4 is 11.5 Å². The van der Waals surface area contributed by atoms with Gasteiger partial charge >= 0.3 is 5.69 Å². The van der Waals surface area contributed by atoms with Crippen LogP contribution in [0.4, 0.5) is 11.5 Å². The molecule has 0 saturated heterocycles. The highest BCUT2D eigenvalue weighted by atomic mass is 16.6. The standard InChI is InChI=1S/C13H17N5O3/c1-4-10-9(13(21-3)17(2)16-10)8-15-12-11(18(19)20)6-5-7-14-12/h5-7H,4,8H2,1-3H3,(H,14,15). The van der Waals surface area contributed by atoms with Crippen LogP contribution in [0.3, 0.4) is 0 Å². The molecule has 2 aromatic heterocycles. The van der Waals surface area contributed by atoms with Gasteiger partial charge < -0.3 is 10.1 Å². The summed E-state index contributed by atoms with van der Waals surface area (Å²) in [6.45, 7) is 2.35. The molecule has 0 amide bonds. The second kappa shape index (κ2) is 6.21. The van der Waals surface area contributed by atoms with Crippen LogP contribution in [0.2, 0.25) is 0 Å². The highest BCUT2D eigenvalue weighted by molar-refractivity contribution is 5.55. The van der Waals surface area contributed by atoms with Crippen LogP contribution in [0.15, 0.2) is 18.3 Å².